The Bertz CT molecular complexity index is 1010. The van der Waals surface area contributed by atoms with Crippen LogP contribution in [0.4, 0.5) is 0 Å². The van der Waals surface area contributed by atoms with Crippen LogP contribution in [0.25, 0.3) is 11.0 Å². The Morgan fingerprint density at radius 1 is 0.900 bits per heavy atom. The van der Waals surface area contributed by atoms with Gasteiger partial charge in [0.25, 0.3) is 0 Å². The molecule has 0 aliphatic carbocycles. The molecule has 0 fully saturated rings. The molecule has 155 valence electrons. The summed E-state index contributed by atoms with van der Waals surface area (Å²) in [5.74, 6) is 0.0631. The van der Waals surface area contributed by atoms with Gasteiger partial charge >= 0.3 is 11.7 Å². The maximum absolute atomic E-state index is 13.1. The minimum atomic E-state index is -0.735. The Hall–Kier alpha value is -2.02. The van der Waals surface area contributed by atoms with Crippen LogP contribution >= 0.6 is 0 Å². The topological polar surface area (TPSA) is 73.5 Å². The van der Waals surface area contributed by atoms with Crippen LogP contribution in [-0.2, 0) is 17.9 Å². The molecule has 3 aromatic rings. The number of rotatable bonds is 11. The first-order valence-electron chi connectivity index (χ1n) is 10.1. The van der Waals surface area contributed by atoms with E-state index < -0.39 is 5.97 Å². The Kier molecular flexibility index (Phi) is 9.69. The second-order valence-electron chi connectivity index (χ2n) is 7.27. The molecule has 30 heavy (non-hydrogen) atoms. The summed E-state index contributed by atoms with van der Waals surface area (Å²) < 4.78 is 8.89. The molecule has 1 radical (unpaired) electrons. The summed E-state index contributed by atoms with van der Waals surface area (Å²) in [6.45, 7) is 1.19. The molecule has 6 nitrogen and oxygen atoms in total. The second kappa shape index (κ2) is 12.0. The van der Waals surface area contributed by atoms with E-state index in [9.17, 15) is 9.59 Å². The smallest absolute Gasteiger partial charge is 0.329 e. The largest absolute Gasteiger partial charge is 0.497 e. The normalized spacial score (nSPS) is 10.7. The first-order chi connectivity index (χ1) is 14.1. The number of para-hydroxylation sites is 2. The van der Waals surface area contributed by atoms with Gasteiger partial charge in [0.2, 0.25) is 0 Å². The van der Waals surface area contributed by atoms with E-state index in [-0.39, 0.29) is 41.7 Å². The second-order valence-corrected chi connectivity index (χ2v) is 7.27. The quantitative estimate of drug-likeness (QED) is 0.378. The zero-order chi connectivity index (χ0) is 20.6. The first kappa shape index (κ1) is 24.3. The predicted molar refractivity (Wildman–Crippen MR) is 119 cm³/mol. The van der Waals surface area contributed by atoms with Crippen molar-refractivity contribution in [2.24, 2.45) is 0 Å². The summed E-state index contributed by atoms with van der Waals surface area (Å²) in [5, 5.41) is 8.68. The fourth-order valence-corrected chi connectivity index (χ4v) is 3.63. The molecule has 0 saturated carbocycles. The van der Waals surface area contributed by atoms with Crippen molar-refractivity contribution in [3.05, 3.63) is 64.6 Å². The Morgan fingerprint density at radius 3 is 2.13 bits per heavy atom. The molecule has 0 unspecified atom stereocenters. The Labute approximate surface area is 198 Å². The van der Waals surface area contributed by atoms with E-state index in [1.54, 1.807) is 7.11 Å². The number of hydrogen-bond donors (Lipinski definition) is 1. The summed E-state index contributed by atoms with van der Waals surface area (Å²) >= 11 is 0. The van der Waals surface area contributed by atoms with Gasteiger partial charge in [0.05, 0.1) is 24.7 Å². The van der Waals surface area contributed by atoms with Crippen LogP contribution in [0.2, 0.25) is 0 Å². The fraction of sp³-hybridized carbons (Fsp3) is 0.391. The Balaban J connectivity index is 0.00000320. The van der Waals surface area contributed by atoms with Gasteiger partial charge in [0, 0.05) is 42.5 Å². The van der Waals surface area contributed by atoms with Crippen LogP contribution in [0, 0.1) is 0 Å². The van der Waals surface area contributed by atoms with Crippen LogP contribution in [0.1, 0.15) is 44.1 Å². The van der Waals surface area contributed by atoms with Crippen LogP contribution < -0.4 is 10.4 Å². The molecule has 3 rings (SSSR count). The molecule has 0 saturated heterocycles. The van der Waals surface area contributed by atoms with Gasteiger partial charge in [-0.15, -0.1) is 0 Å². The summed E-state index contributed by atoms with van der Waals surface area (Å²) in [6.07, 6.45) is 4.76. The van der Waals surface area contributed by atoms with E-state index >= 15 is 0 Å². The van der Waals surface area contributed by atoms with Gasteiger partial charge in [-0.25, -0.2) is 4.79 Å². The van der Waals surface area contributed by atoms with Crippen LogP contribution in [-0.4, -0.2) is 56.9 Å². The van der Waals surface area contributed by atoms with E-state index in [0.29, 0.717) is 13.1 Å². The first-order valence-corrected chi connectivity index (χ1v) is 10.1. The number of imidazole rings is 1. The van der Waals surface area contributed by atoms with E-state index in [0.717, 1.165) is 54.5 Å². The average molecular weight is 419 g/mol. The van der Waals surface area contributed by atoms with Crippen molar-refractivity contribution in [1.82, 2.24) is 9.13 Å². The SMILES string of the molecule is COc1ccc(Cn2c(=O)n(CCCCCCCC(=O)O)c3ccccc32)cc1.[Na]. The number of carboxylic acid groups (broad SMARTS) is 1. The monoisotopic (exact) mass is 419 g/mol. The third-order valence-electron chi connectivity index (χ3n) is 5.20. The number of aliphatic carboxylic acids is 1. The van der Waals surface area contributed by atoms with Gasteiger partial charge in [-0.05, 0) is 42.7 Å². The maximum Gasteiger partial charge on any atom is 0.329 e. The molecule has 1 aromatic heterocycles. The predicted octanol–water partition coefficient (Wildman–Crippen LogP) is 3.90. The van der Waals surface area contributed by atoms with E-state index in [1.807, 2.05) is 57.7 Å². The number of aryl methyl sites for hydroxylation is 1. The number of ether oxygens (including phenoxy) is 1. The molecule has 1 heterocycles. The molecule has 0 aliphatic heterocycles. The molecule has 7 heteroatoms. The number of unbranched alkanes of at least 4 members (excludes halogenated alkanes) is 4. The van der Waals surface area contributed by atoms with Gasteiger partial charge in [-0.3, -0.25) is 13.9 Å². The third kappa shape index (κ3) is 6.24. The molecule has 0 atom stereocenters. The minimum absolute atomic E-state index is 0. The van der Waals surface area contributed by atoms with Gasteiger partial charge in [0.1, 0.15) is 5.75 Å². The third-order valence-corrected chi connectivity index (χ3v) is 5.20. The number of benzene rings is 2. The molecular formula is C23H28N2NaO4. The van der Waals surface area contributed by atoms with E-state index in [4.69, 9.17) is 9.84 Å². The van der Waals surface area contributed by atoms with Crippen LogP contribution in [0.3, 0.4) is 0 Å². The number of nitrogens with zero attached hydrogens (tertiary/aromatic N) is 2. The standard InChI is InChI=1S/C23H28N2O4.Na/c1-29-19-14-12-18(13-15-19)17-25-21-10-7-6-9-20(21)24(23(25)28)16-8-4-2-3-5-11-22(26)27;/h6-7,9-10,12-15H,2-5,8,11,16-17H2,1H3,(H,26,27);. The molecule has 0 spiro atoms. The summed E-state index contributed by atoms with van der Waals surface area (Å²) in [5.41, 5.74) is 2.95. The van der Waals surface area contributed by atoms with E-state index in [2.05, 4.69) is 0 Å². The van der Waals surface area contributed by atoms with Crippen molar-refractivity contribution in [3.8, 4) is 5.75 Å². The molecule has 0 bridgehead atoms. The summed E-state index contributed by atoms with van der Waals surface area (Å²) in [4.78, 5) is 23.6. The van der Waals surface area contributed by atoms with E-state index in [1.165, 1.54) is 0 Å². The number of methoxy groups -OCH3 is 1. The molecular weight excluding hydrogens is 391 g/mol. The van der Waals surface area contributed by atoms with Crippen molar-refractivity contribution in [2.75, 3.05) is 7.11 Å². The molecule has 0 amide bonds. The van der Waals surface area contributed by atoms with Gasteiger partial charge in [-0.1, -0.05) is 43.5 Å². The van der Waals surface area contributed by atoms with Crippen molar-refractivity contribution in [3.63, 3.8) is 0 Å². The number of fused-ring (bicyclic) bond motifs is 1. The number of hydrogen-bond acceptors (Lipinski definition) is 3. The minimum Gasteiger partial charge on any atom is -0.497 e. The summed E-state index contributed by atoms with van der Waals surface area (Å²) in [7, 11) is 1.64. The molecule has 2 aromatic carbocycles. The van der Waals surface area contributed by atoms with Gasteiger partial charge in [0.15, 0.2) is 0 Å². The van der Waals surface area contributed by atoms with Crippen LogP contribution in [0.5, 0.6) is 5.75 Å². The van der Waals surface area contributed by atoms with Crippen molar-refractivity contribution in [2.45, 2.75) is 51.6 Å². The number of carboxylic acids is 1. The average Bonchev–Trinajstić information content (AvgIpc) is 2.99. The Morgan fingerprint density at radius 2 is 1.50 bits per heavy atom. The van der Waals surface area contributed by atoms with Crippen molar-refractivity contribution >= 4 is 46.6 Å². The molecule has 0 aliphatic rings. The zero-order valence-corrected chi connectivity index (χ0v) is 19.8. The van der Waals surface area contributed by atoms with Crippen LogP contribution in [0.15, 0.2) is 53.3 Å². The van der Waals surface area contributed by atoms with Gasteiger partial charge in [-0.2, -0.15) is 0 Å². The zero-order valence-electron chi connectivity index (χ0n) is 17.8. The number of aromatic nitrogens is 2. The number of carbonyl (C=O) groups is 1. The van der Waals surface area contributed by atoms with Gasteiger partial charge < -0.3 is 9.84 Å². The van der Waals surface area contributed by atoms with Crippen molar-refractivity contribution in [1.29, 1.82) is 0 Å². The maximum atomic E-state index is 13.1. The fourth-order valence-electron chi connectivity index (χ4n) is 3.63. The molecule has 1 N–H and O–H groups in total. The van der Waals surface area contributed by atoms with Crippen molar-refractivity contribution < 1.29 is 14.6 Å². The summed E-state index contributed by atoms with van der Waals surface area (Å²) in [6, 6.07) is 15.7.